The molecule has 0 bridgehead atoms. The predicted molar refractivity (Wildman–Crippen MR) is 152 cm³/mol. The number of piperazine rings is 1. The number of anilines is 2. The van der Waals surface area contributed by atoms with Gasteiger partial charge in [0.2, 0.25) is 0 Å². The number of para-hydroxylation sites is 1. The minimum atomic E-state index is -0.178. The van der Waals surface area contributed by atoms with E-state index in [0.717, 1.165) is 44.6 Å². The number of carbonyl (C=O) groups is 1. The molecular weight excluding hydrogens is 490 g/mol. The van der Waals surface area contributed by atoms with Crippen molar-refractivity contribution in [3.05, 3.63) is 75.0 Å². The van der Waals surface area contributed by atoms with E-state index in [-0.39, 0.29) is 11.5 Å². The zero-order valence-corrected chi connectivity index (χ0v) is 22.1. The molecule has 0 N–H and O–H groups in total. The molecule has 9 heteroatoms. The second kappa shape index (κ2) is 10.4. The van der Waals surface area contributed by atoms with E-state index in [0.29, 0.717) is 32.8 Å². The van der Waals surface area contributed by atoms with E-state index in [9.17, 15) is 9.59 Å². The summed E-state index contributed by atoms with van der Waals surface area (Å²) in [6.07, 6.45) is 5.30. The van der Waals surface area contributed by atoms with Crippen LogP contribution in [0.2, 0.25) is 0 Å². The SMILES string of the molecule is CCCCN1C(=O)C(=Cc2c(N3CCN(c4ccccc4)CC3)nc3c(C)cccn3c2=O)SC1=S. The maximum Gasteiger partial charge on any atom is 0.267 e. The van der Waals surface area contributed by atoms with Crippen molar-refractivity contribution >= 4 is 57.4 Å². The van der Waals surface area contributed by atoms with Crippen molar-refractivity contribution in [2.24, 2.45) is 0 Å². The Morgan fingerprint density at radius 2 is 1.75 bits per heavy atom. The van der Waals surface area contributed by atoms with Crippen LogP contribution in [0, 0.1) is 6.92 Å². The van der Waals surface area contributed by atoms with Crippen LogP contribution < -0.4 is 15.4 Å². The third-order valence-electron chi connectivity index (χ3n) is 6.65. The number of thioether (sulfide) groups is 1. The molecule has 0 aliphatic carbocycles. The Balaban J connectivity index is 1.53. The maximum atomic E-state index is 13.7. The number of rotatable bonds is 6. The first-order chi connectivity index (χ1) is 17.5. The highest BCUT2D eigenvalue weighted by Crippen LogP contribution is 2.34. The molecular formula is C27H29N5O2S2. The van der Waals surface area contributed by atoms with Gasteiger partial charge in [0, 0.05) is 44.6 Å². The first-order valence-corrected chi connectivity index (χ1v) is 13.5. The van der Waals surface area contributed by atoms with Crippen LogP contribution in [0.1, 0.15) is 30.9 Å². The fourth-order valence-electron chi connectivity index (χ4n) is 4.62. The summed E-state index contributed by atoms with van der Waals surface area (Å²) in [5.41, 5.74) is 3.01. The highest BCUT2D eigenvalue weighted by Gasteiger charge is 2.33. The van der Waals surface area contributed by atoms with Crippen molar-refractivity contribution in [2.75, 3.05) is 42.5 Å². The molecule has 0 spiro atoms. The minimum absolute atomic E-state index is 0.132. The summed E-state index contributed by atoms with van der Waals surface area (Å²) < 4.78 is 2.12. The number of hydrogen-bond donors (Lipinski definition) is 0. The molecule has 36 heavy (non-hydrogen) atoms. The van der Waals surface area contributed by atoms with Gasteiger partial charge in [0.1, 0.15) is 15.8 Å². The van der Waals surface area contributed by atoms with E-state index in [4.69, 9.17) is 17.2 Å². The lowest BCUT2D eigenvalue weighted by molar-refractivity contribution is -0.122. The molecule has 2 aliphatic heterocycles. The monoisotopic (exact) mass is 519 g/mol. The van der Waals surface area contributed by atoms with E-state index >= 15 is 0 Å². The standard InChI is InChI=1S/C27H29N5O2S2/c1-3-4-12-32-26(34)22(36-27(32)35)18-21-24(28-23-19(2)9-8-13-31(23)25(21)33)30-16-14-29(15-17-30)20-10-6-5-7-11-20/h5-11,13,18H,3-4,12,14-17H2,1-2H3. The number of hydrogen-bond acceptors (Lipinski definition) is 7. The molecule has 2 fully saturated rings. The molecule has 2 saturated heterocycles. The van der Waals surface area contributed by atoms with Crippen LogP contribution in [0.25, 0.3) is 11.7 Å². The average Bonchev–Trinajstić information content (AvgIpc) is 3.17. The van der Waals surface area contributed by atoms with Crippen molar-refractivity contribution in [3.8, 4) is 0 Å². The number of thiocarbonyl (C=S) groups is 1. The zero-order valence-electron chi connectivity index (χ0n) is 20.5. The molecule has 0 radical (unpaired) electrons. The third kappa shape index (κ3) is 4.65. The van der Waals surface area contributed by atoms with Gasteiger partial charge in [0.25, 0.3) is 11.5 Å². The lowest BCUT2D eigenvalue weighted by Crippen LogP contribution is -2.47. The van der Waals surface area contributed by atoms with E-state index in [1.54, 1.807) is 21.6 Å². The quantitative estimate of drug-likeness (QED) is 0.355. The number of unbranched alkanes of at least 4 members (excludes halogenated alkanes) is 1. The summed E-state index contributed by atoms with van der Waals surface area (Å²) in [7, 11) is 0. The highest BCUT2D eigenvalue weighted by molar-refractivity contribution is 8.26. The van der Waals surface area contributed by atoms with Crippen LogP contribution in [0.3, 0.4) is 0 Å². The Morgan fingerprint density at radius 1 is 1.03 bits per heavy atom. The smallest absolute Gasteiger partial charge is 0.267 e. The molecule has 1 amide bonds. The zero-order chi connectivity index (χ0) is 25.2. The number of benzene rings is 1. The van der Waals surface area contributed by atoms with Crippen molar-refractivity contribution in [1.29, 1.82) is 0 Å². The Hall–Kier alpha value is -3.17. The maximum absolute atomic E-state index is 13.7. The van der Waals surface area contributed by atoms with E-state index in [2.05, 4.69) is 28.9 Å². The van der Waals surface area contributed by atoms with E-state index in [1.807, 2.05) is 37.3 Å². The Kier molecular flexibility index (Phi) is 7.11. The summed E-state index contributed by atoms with van der Waals surface area (Å²) >= 11 is 6.74. The fraction of sp³-hybridized carbons (Fsp3) is 0.333. The molecule has 0 atom stereocenters. The van der Waals surface area contributed by atoms with Gasteiger partial charge < -0.3 is 9.80 Å². The molecule has 4 heterocycles. The van der Waals surface area contributed by atoms with Crippen LogP contribution in [0.5, 0.6) is 0 Å². The van der Waals surface area contributed by atoms with Gasteiger partial charge in [-0.05, 0) is 43.2 Å². The molecule has 0 saturated carbocycles. The summed E-state index contributed by atoms with van der Waals surface area (Å²) in [5.74, 6) is 0.493. The molecule has 7 nitrogen and oxygen atoms in total. The van der Waals surface area contributed by atoms with Gasteiger partial charge in [-0.15, -0.1) is 0 Å². The summed E-state index contributed by atoms with van der Waals surface area (Å²) in [5, 5.41) is 0. The predicted octanol–water partition coefficient (Wildman–Crippen LogP) is 4.33. The summed E-state index contributed by atoms with van der Waals surface area (Å²) in [4.78, 5) is 38.5. The Labute approximate surface area is 220 Å². The number of carbonyl (C=O) groups excluding carboxylic acids is 1. The van der Waals surface area contributed by atoms with Crippen molar-refractivity contribution in [2.45, 2.75) is 26.7 Å². The lowest BCUT2D eigenvalue weighted by atomic mass is 10.2. The van der Waals surface area contributed by atoms with Gasteiger partial charge in [-0.1, -0.05) is 61.6 Å². The van der Waals surface area contributed by atoms with Crippen LogP contribution in [0.15, 0.2) is 58.4 Å². The minimum Gasteiger partial charge on any atom is -0.368 e. The number of aromatic nitrogens is 2. The van der Waals surface area contributed by atoms with E-state index < -0.39 is 0 Å². The molecule has 0 unspecified atom stereocenters. The first kappa shape index (κ1) is 24.5. The number of aryl methyl sites for hydroxylation is 1. The molecule has 2 aromatic heterocycles. The third-order valence-corrected chi connectivity index (χ3v) is 8.03. The highest BCUT2D eigenvalue weighted by atomic mass is 32.2. The fourth-order valence-corrected chi connectivity index (χ4v) is 5.91. The Bertz CT molecular complexity index is 1390. The van der Waals surface area contributed by atoms with Crippen LogP contribution in [-0.2, 0) is 4.79 Å². The normalized spacial score (nSPS) is 17.6. The molecule has 1 aromatic carbocycles. The number of pyridine rings is 1. The first-order valence-electron chi connectivity index (χ1n) is 12.3. The number of fused-ring (bicyclic) bond motifs is 1. The van der Waals surface area contributed by atoms with Crippen LogP contribution in [0.4, 0.5) is 11.5 Å². The lowest BCUT2D eigenvalue weighted by Gasteiger charge is -2.37. The largest absolute Gasteiger partial charge is 0.368 e. The topological polar surface area (TPSA) is 61.2 Å². The van der Waals surface area contributed by atoms with Gasteiger partial charge in [0.15, 0.2) is 0 Å². The Morgan fingerprint density at radius 3 is 2.47 bits per heavy atom. The molecule has 3 aromatic rings. The summed E-state index contributed by atoms with van der Waals surface area (Å²) in [6, 6.07) is 14.1. The van der Waals surface area contributed by atoms with Gasteiger partial charge >= 0.3 is 0 Å². The van der Waals surface area contributed by atoms with Crippen molar-refractivity contribution in [3.63, 3.8) is 0 Å². The average molecular weight is 520 g/mol. The molecule has 186 valence electrons. The van der Waals surface area contributed by atoms with Crippen molar-refractivity contribution < 1.29 is 4.79 Å². The van der Waals surface area contributed by atoms with Gasteiger partial charge in [0.05, 0.1) is 10.5 Å². The van der Waals surface area contributed by atoms with Gasteiger partial charge in [-0.2, -0.15) is 0 Å². The van der Waals surface area contributed by atoms with Gasteiger partial charge in [-0.3, -0.25) is 18.9 Å². The number of nitrogens with zero attached hydrogens (tertiary/aromatic N) is 5. The van der Waals surface area contributed by atoms with Gasteiger partial charge in [-0.25, -0.2) is 4.98 Å². The summed E-state index contributed by atoms with van der Waals surface area (Å²) in [6.45, 7) is 7.72. The van der Waals surface area contributed by atoms with Crippen molar-refractivity contribution in [1.82, 2.24) is 14.3 Å². The van der Waals surface area contributed by atoms with Crippen LogP contribution >= 0.6 is 24.0 Å². The second-order valence-corrected chi connectivity index (χ2v) is 10.7. The second-order valence-electron chi connectivity index (χ2n) is 9.04. The van der Waals surface area contributed by atoms with E-state index in [1.165, 1.54) is 17.4 Å². The molecule has 5 rings (SSSR count). The molecule has 2 aliphatic rings. The van der Waals surface area contributed by atoms with Crippen LogP contribution in [-0.4, -0.2) is 57.2 Å². The number of amides is 1.